The lowest BCUT2D eigenvalue weighted by atomic mass is 10.1. The van der Waals surface area contributed by atoms with Crippen LogP contribution in [-0.4, -0.2) is 4.92 Å². The molecule has 8 heteroatoms. The highest BCUT2D eigenvalue weighted by atomic mass is 35.5. The molecule has 0 saturated carbocycles. The predicted octanol–water partition coefficient (Wildman–Crippen LogP) is 3.71. The van der Waals surface area contributed by atoms with Crippen LogP contribution in [0.5, 0.6) is 0 Å². The molecule has 0 N–H and O–H groups in total. The second-order valence-electron chi connectivity index (χ2n) is 2.97. The molecule has 0 aromatic heterocycles. The molecule has 0 aliphatic heterocycles. The van der Waals surface area contributed by atoms with E-state index in [0.29, 0.717) is 6.07 Å². The van der Waals surface area contributed by atoms with E-state index in [-0.39, 0.29) is 0 Å². The van der Waals surface area contributed by atoms with Crippen LogP contribution in [0.15, 0.2) is 6.07 Å². The lowest BCUT2D eigenvalue weighted by Gasteiger charge is -2.11. The predicted molar refractivity (Wildman–Crippen MR) is 47.8 cm³/mol. The molecule has 0 aliphatic carbocycles. The van der Waals surface area contributed by atoms with Gasteiger partial charge in [-0.2, -0.15) is 17.6 Å². The highest BCUT2D eigenvalue weighted by Crippen LogP contribution is 2.41. The third-order valence-electron chi connectivity index (χ3n) is 1.86. The Morgan fingerprint density at radius 1 is 1.44 bits per heavy atom. The number of benzene rings is 1. The number of rotatable bonds is 1. The van der Waals surface area contributed by atoms with E-state index in [2.05, 4.69) is 0 Å². The molecule has 88 valence electrons. The Hall–Kier alpha value is -1.37. The van der Waals surface area contributed by atoms with Gasteiger partial charge in [-0.1, -0.05) is 11.6 Å². The Balaban J connectivity index is 3.72. The number of hydrogen-bond donors (Lipinski definition) is 0. The quantitative estimate of drug-likeness (QED) is 0.437. The van der Waals surface area contributed by atoms with Crippen LogP contribution >= 0.6 is 11.6 Å². The van der Waals surface area contributed by atoms with Crippen molar-refractivity contribution in [3.05, 3.63) is 38.1 Å². The summed E-state index contributed by atoms with van der Waals surface area (Å²) in [6.45, 7) is 0.973. The van der Waals surface area contributed by atoms with Gasteiger partial charge in [0.2, 0.25) is 5.82 Å². The van der Waals surface area contributed by atoms with Gasteiger partial charge in [-0.3, -0.25) is 10.1 Å². The number of hydrogen-bond acceptors (Lipinski definition) is 2. The van der Waals surface area contributed by atoms with Gasteiger partial charge < -0.3 is 0 Å². The van der Waals surface area contributed by atoms with E-state index in [4.69, 9.17) is 11.6 Å². The number of halogens is 5. The first-order valence-electron chi connectivity index (χ1n) is 3.86. The monoisotopic (exact) mass is 257 g/mol. The van der Waals surface area contributed by atoms with Crippen molar-refractivity contribution in [1.82, 2.24) is 0 Å². The molecule has 0 bridgehead atoms. The zero-order valence-electron chi connectivity index (χ0n) is 7.73. The minimum atomic E-state index is -5.00. The summed E-state index contributed by atoms with van der Waals surface area (Å²) in [4.78, 5) is 8.97. The molecule has 0 atom stereocenters. The summed E-state index contributed by atoms with van der Waals surface area (Å²) in [5.74, 6) is -1.68. The fourth-order valence-electron chi connectivity index (χ4n) is 1.26. The van der Waals surface area contributed by atoms with Crippen molar-refractivity contribution in [2.24, 2.45) is 0 Å². The topological polar surface area (TPSA) is 43.1 Å². The highest BCUT2D eigenvalue weighted by Gasteiger charge is 2.42. The van der Waals surface area contributed by atoms with Crippen LogP contribution in [0, 0.1) is 22.9 Å². The molecular formula is C8H4ClF4NO2. The summed E-state index contributed by atoms with van der Waals surface area (Å²) in [6.07, 6.45) is -5.00. The van der Waals surface area contributed by atoms with Crippen molar-refractivity contribution in [2.75, 3.05) is 0 Å². The fourth-order valence-corrected chi connectivity index (χ4v) is 1.52. The Labute approximate surface area is 91.8 Å². The molecule has 0 aliphatic rings. The van der Waals surface area contributed by atoms with Gasteiger partial charge in [0.05, 0.1) is 9.95 Å². The molecule has 0 saturated heterocycles. The minimum Gasteiger partial charge on any atom is -0.258 e. The lowest BCUT2D eigenvalue weighted by Crippen LogP contribution is -2.13. The summed E-state index contributed by atoms with van der Waals surface area (Å²) < 4.78 is 50.6. The van der Waals surface area contributed by atoms with E-state index in [9.17, 15) is 27.7 Å². The van der Waals surface area contributed by atoms with Crippen molar-refractivity contribution in [1.29, 1.82) is 0 Å². The van der Waals surface area contributed by atoms with Crippen molar-refractivity contribution in [3.8, 4) is 0 Å². The molecule has 3 nitrogen and oxygen atoms in total. The van der Waals surface area contributed by atoms with Crippen LogP contribution in [0.4, 0.5) is 23.2 Å². The molecule has 1 aromatic carbocycles. The van der Waals surface area contributed by atoms with Gasteiger partial charge in [-0.25, -0.2) is 0 Å². The van der Waals surface area contributed by atoms with Gasteiger partial charge >= 0.3 is 11.9 Å². The normalized spacial score (nSPS) is 11.6. The molecule has 1 aromatic rings. The molecule has 0 amide bonds. The fraction of sp³-hybridized carbons (Fsp3) is 0.250. The van der Waals surface area contributed by atoms with Gasteiger partial charge in [-0.15, -0.1) is 0 Å². The average Bonchev–Trinajstić information content (AvgIpc) is 2.07. The van der Waals surface area contributed by atoms with Crippen LogP contribution in [-0.2, 0) is 6.18 Å². The Morgan fingerprint density at radius 2 is 1.94 bits per heavy atom. The van der Waals surface area contributed by atoms with Gasteiger partial charge in [0.25, 0.3) is 0 Å². The standard InChI is InChI=1S/C8H4ClF4NO2/c1-3-2-4(9)6(10)7(14(15)16)5(3)8(11,12)13/h2H,1H3. The van der Waals surface area contributed by atoms with Crippen LogP contribution in [0.3, 0.4) is 0 Å². The van der Waals surface area contributed by atoms with E-state index in [1.54, 1.807) is 0 Å². The summed E-state index contributed by atoms with van der Waals surface area (Å²) in [5, 5.41) is 9.69. The first-order chi connectivity index (χ1) is 7.16. The number of aryl methyl sites for hydroxylation is 1. The lowest BCUT2D eigenvalue weighted by molar-refractivity contribution is -0.390. The summed E-state index contributed by atoms with van der Waals surface area (Å²) in [5.41, 5.74) is -3.75. The van der Waals surface area contributed by atoms with Crippen LogP contribution in [0.1, 0.15) is 11.1 Å². The first kappa shape index (κ1) is 12.7. The first-order valence-corrected chi connectivity index (χ1v) is 4.24. The zero-order valence-corrected chi connectivity index (χ0v) is 8.49. The van der Waals surface area contributed by atoms with Crippen molar-refractivity contribution in [3.63, 3.8) is 0 Å². The van der Waals surface area contributed by atoms with Gasteiger partial charge in [0.15, 0.2) is 0 Å². The van der Waals surface area contributed by atoms with Crippen LogP contribution in [0.25, 0.3) is 0 Å². The maximum atomic E-state index is 13.1. The summed E-state index contributed by atoms with van der Waals surface area (Å²) in [6, 6.07) is 0.701. The Morgan fingerprint density at radius 3 is 2.31 bits per heavy atom. The van der Waals surface area contributed by atoms with Crippen molar-refractivity contribution in [2.45, 2.75) is 13.1 Å². The molecule has 16 heavy (non-hydrogen) atoms. The SMILES string of the molecule is Cc1cc(Cl)c(F)c([N+](=O)[O-])c1C(F)(F)F. The summed E-state index contributed by atoms with van der Waals surface area (Å²) in [7, 11) is 0. The van der Waals surface area contributed by atoms with E-state index in [0.717, 1.165) is 6.92 Å². The molecule has 1 rings (SSSR count). The van der Waals surface area contributed by atoms with Crippen molar-refractivity contribution >= 4 is 17.3 Å². The largest absolute Gasteiger partial charge is 0.423 e. The maximum Gasteiger partial charge on any atom is 0.423 e. The van der Waals surface area contributed by atoms with Gasteiger partial charge in [-0.05, 0) is 18.6 Å². The van der Waals surface area contributed by atoms with Gasteiger partial charge in [0.1, 0.15) is 5.56 Å². The number of nitro groups is 1. The molecule has 0 fully saturated rings. The summed E-state index contributed by atoms with van der Waals surface area (Å²) >= 11 is 5.24. The average molecular weight is 258 g/mol. The van der Waals surface area contributed by atoms with E-state index < -0.39 is 38.8 Å². The maximum absolute atomic E-state index is 13.1. The minimum absolute atomic E-state index is 0.495. The van der Waals surface area contributed by atoms with Crippen LogP contribution < -0.4 is 0 Å². The van der Waals surface area contributed by atoms with Gasteiger partial charge in [0, 0.05) is 0 Å². The second kappa shape index (κ2) is 3.89. The molecular weight excluding hydrogens is 254 g/mol. The molecule has 0 unspecified atom stereocenters. The molecule has 0 heterocycles. The van der Waals surface area contributed by atoms with E-state index in [1.165, 1.54) is 0 Å². The Bertz CT molecular complexity index is 458. The highest BCUT2D eigenvalue weighted by molar-refractivity contribution is 6.31. The molecule has 0 spiro atoms. The second-order valence-corrected chi connectivity index (χ2v) is 3.37. The smallest absolute Gasteiger partial charge is 0.258 e. The zero-order chi connectivity index (χ0) is 12.7. The van der Waals surface area contributed by atoms with Crippen LogP contribution in [0.2, 0.25) is 5.02 Å². The number of nitro benzene ring substituents is 1. The molecule has 0 radical (unpaired) electrons. The number of nitrogens with zero attached hydrogens (tertiary/aromatic N) is 1. The van der Waals surface area contributed by atoms with E-state index >= 15 is 0 Å². The van der Waals surface area contributed by atoms with E-state index in [1.807, 2.05) is 0 Å². The number of alkyl halides is 3. The Kier molecular flexibility index (Phi) is 3.09. The third kappa shape index (κ3) is 2.08. The van der Waals surface area contributed by atoms with Crippen molar-refractivity contribution < 1.29 is 22.5 Å². The third-order valence-corrected chi connectivity index (χ3v) is 2.13.